The summed E-state index contributed by atoms with van der Waals surface area (Å²) in [5.41, 5.74) is 1.74. The van der Waals surface area contributed by atoms with Crippen molar-refractivity contribution in [1.29, 1.82) is 0 Å². The molecule has 0 radical (unpaired) electrons. The molecule has 3 heteroatoms. The first-order valence-corrected chi connectivity index (χ1v) is 8.98. The second kappa shape index (κ2) is 5.00. The lowest BCUT2D eigenvalue weighted by Gasteiger charge is -2.57. The van der Waals surface area contributed by atoms with Crippen molar-refractivity contribution < 1.29 is 0 Å². The van der Waals surface area contributed by atoms with E-state index in [4.69, 9.17) is 11.6 Å². The molecule has 4 saturated carbocycles. The number of halogens is 2. The van der Waals surface area contributed by atoms with Gasteiger partial charge < -0.3 is 5.32 Å². The van der Waals surface area contributed by atoms with Gasteiger partial charge in [-0.1, -0.05) is 17.7 Å². The van der Waals surface area contributed by atoms with Crippen LogP contribution in [0.3, 0.4) is 0 Å². The van der Waals surface area contributed by atoms with Crippen LogP contribution in [0.5, 0.6) is 0 Å². The Hall–Kier alpha value is -0.0500. The fourth-order valence-electron chi connectivity index (χ4n) is 5.27. The highest BCUT2D eigenvalue weighted by atomic mass is 79.9. The molecule has 0 aromatic heterocycles. The molecule has 0 aliphatic heterocycles. The molecule has 0 unspecified atom stereocenters. The van der Waals surface area contributed by atoms with Crippen molar-refractivity contribution in [2.75, 3.05) is 0 Å². The van der Waals surface area contributed by atoms with Gasteiger partial charge in [0.25, 0.3) is 0 Å². The second-order valence-electron chi connectivity index (χ2n) is 7.30. The molecule has 4 fully saturated rings. The fourth-order valence-corrected chi connectivity index (χ4v) is 5.72. The highest BCUT2D eigenvalue weighted by molar-refractivity contribution is 9.10. The molecule has 0 amide bonds. The lowest BCUT2D eigenvalue weighted by Crippen LogP contribution is -2.58. The third-order valence-corrected chi connectivity index (χ3v) is 6.92. The summed E-state index contributed by atoms with van der Waals surface area (Å²) >= 11 is 9.65. The summed E-state index contributed by atoms with van der Waals surface area (Å²) in [5, 5.41) is 4.73. The van der Waals surface area contributed by atoms with Gasteiger partial charge in [-0.2, -0.15) is 0 Å². The van der Waals surface area contributed by atoms with E-state index in [1.165, 1.54) is 44.1 Å². The summed E-state index contributed by atoms with van der Waals surface area (Å²) in [7, 11) is 0. The van der Waals surface area contributed by atoms with Gasteiger partial charge in [0.15, 0.2) is 0 Å². The molecule has 4 aliphatic rings. The topological polar surface area (TPSA) is 12.0 Å². The number of nitrogens with one attached hydrogen (secondary N) is 1. The van der Waals surface area contributed by atoms with Crippen LogP contribution in [0.15, 0.2) is 22.7 Å². The van der Waals surface area contributed by atoms with E-state index in [0.717, 1.165) is 33.8 Å². The summed E-state index contributed by atoms with van der Waals surface area (Å²) in [4.78, 5) is 0. The van der Waals surface area contributed by atoms with Gasteiger partial charge in [-0.3, -0.25) is 0 Å². The van der Waals surface area contributed by atoms with Crippen LogP contribution in [-0.2, 0) is 6.54 Å². The minimum absolute atomic E-state index is 0.439. The van der Waals surface area contributed by atoms with Crippen molar-refractivity contribution in [3.8, 4) is 0 Å². The maximum Gasteiger partial charge on any atom is 0.0551 e. The molecular weight excluding hydrogens is 334 g/mol. The van der Waals surface area contributed by atoms with Gasteiger partial charge in [-0.15, -0.1) is 0 Å². The summed E-state index contributed by atoms with van der Waals surface area (Å²) in [6.07, 6.45) is 8.73. The maximum atomic E-state index is 6.19. The van der Waals surface area contributed by atoms with Crippen LogP contribution in [-0.4, -0.2) is 5.54 Å². The molecule has 1 N–H and O–H groups in total. The molecule has 1 nitrogen and oxygen atoms in total. The van der Waals surface area contributed by atoms with E-state index >= 15 is 0 Å². The van der Waals surface area contributed by atoms with Crippen LogP contribution in [0.4, 0.5) is 0 Å². The Labute approximate surface area is 134 Å². The lowest BCUT2D eigenvalue weighted by molar-refractivity contribution is -0.0206. The van der Waals surface area contributed by atoms with E-state index in [-0.39, 0.29) is 0 Å². The molecule has 4 bridgehead atoms. The Kier molecular flexibility index (Phi) is 3.40. The van der Waals surface area contributed by atoms with Crippen LogP contribution in [0.25, 0.3) is 0 Å². The minimum Gasteiger partial charge on any atom is -0.307 e. The van der Waals surface area contributed by atoms with Crippen molar-refractivity contribution in [3.63, 3.8) is 0 Å². The van der Waals surface area contributed by atoms with E-state index in [0.29, 0.717) is 5.54 Å². The second-order valence-corrected chi connectivity index (χ2v) is 8.56. The summed E-state index contributed by atoms with van der Waals surface area (Å²) in [6.45, 7) is 0.957. The van der Waals surface area contributed by atoms with E-state index in [1.54, 1.807) is 0 Å². The molecule has 5 rings (SSSR count). The van der Waals surface area contributed by atoms with Gasteiger partial charge in [-0.05, 0) is 89.9 Å². The lowest BCUT2D eigenvalue weighted by atomic mass is 9.53. The van der Waals surface area contributed by atoms with Gasteiger partial charge in [0.1, 0.15) is 0 Å². The van der Waals surface area contributed by atoms with Crippen LogP contribution in [0.1, 0.15) is 44.1 Å². The van der Waals surface area contributed by atoms with E-state index in [1.807, 2.05) is 0 Å². The predicted octanol–water partition coefficient (Wildman–Crippen LogP) is 5.16. The first-order valence-electron chi connectivity index (χ1n) is 7.81. The zero-order valence-electron chi connectivity index (χ0n) is 11.7. The Morgan fingerprint density at radius 1 is 1.10 bits per heavy atom. The van der Waals surface area contributed by atoms with Crippen molar-refractivity contribution in [2.45, 2.75) is 50.6 Å². The van der Waals surface area contributed by atoms with Gasteiger partial charge in [-0.25, -0.2) is 0 Å². The predicted molar refractivity (Wildman–Crippen MR) is 86.9 cm³/mol. The zero-order chi connectivity index (χ0) is 13.7. The summed E-state index contributed by atoms with van der Waals surface area (Å²) < 4.78 is 0.984. The van der Waals surface area contributed by atoms with Crippen molar-refractivity contribution in [2.24, 2.45) is 17.8 Å². The Balaban J connectivity index is 1.47. The molecule has 1 aromatic carbocycles. The molecule has 20 heavy (non-hydrogen) atoms. The fraction of sp³-hybridized carbons (Fsp3) is 0.647. The number of rotatable bonds is 3. The maximum absolute atomic E-state index is 6.19. The molecule has 0 heterocycles. The molecule has 0 spiro atoms. The first-order chi connectivity index (χ1) is 9.62. The van der Waals surface area contributed by atoms with Crippen LogP contribution >= 0.6 is 27.5 Å². The van der Waals surface area contributed by atoms with E-state index in [2.05, 4.69) is 39.4 Å². The molecular formula is C17H21BrClN. The summed E-state index contributed by atoms with van der Waals surface area (Å²) in [6, 6.07) is 6.31. The Bertz CT molecular complexity index is 492. The standard InChI is InChI=1S/C17H21BrClN/c18-15-2-1-11(6-16(15)19)10-20-17-7-12-3-13(8-17)5-14(4-12)9-17/h1-2,6,12-14,20H,3-5,7-10H2. The Morgan fingerprint density at radius 2 is 1.70 bits per heavy atom. The van der Waals surface area contributed by atoms with Crippen molar-refractivity contribution in [1.82, 2.24) is 5.32 Å². The number of hydrogen-bond donors (Lipinski definition) is 1. The molecule has 1 aromatic rings. The van der Waals surface area contributed by atoms with Crippen molar-refractivity contribution in [3.05, 3.63) is 33.3 Å². The third kappa shape index (κ3) is 2.44. The first kappa shape index (κ1) is 13.6. The minimum atomic E-state index is 0.439. The average Bonchev–Trinajstić information content (AvgIpc) is 2.39. The largest absolute Gasteiger partial charge is 0.307 e. The molecule has 0 atom stereocenters. The molecule has 0 saturated heterocycles. The highest BCUT2D eigenvalue weighted by Crippen LogP contribution is 2.55. The van der Waals surface area contributed by atoms with Gasteiger partial charge in [0.05, 0.1) is 5.02 Å². The highest BCUT2D eigenvalue weighted by Gasteiger charge is 2.50. The monoisotopic (exact) mass is 353 g/mol. The van der Waals surface area contributed by atoms with Gasteiger partial charge in [0, 0.05) is 16.6 Å². The SMILES string of the molecule is Clc1cc(CNC23CC4CC(CC(C4)C2)C3)ccc1Br. The normalized spacial score (nSPS) is 38.4. The third-order valence-electron chi connectivity index (χ3n) is 5.69. The number of benzene rings is 1. The van der Waals surface area contributed by atoms with Crippen molar-refractivity contribution >= 4 is 27.5 Å². The average molecular weight is 355 g/mol. The van der Waals surface area contributed by atoms with Crippen LogP contribution in [0, 0.1) is 17.8 Å². The summed E-state index contributed by atoms with van der Waals surface area (Å²) in [5.74, 6) is 3.01. The van der Waals surface area contributed by atoms with Gasteiger partial charge >= 0.3 is 0 Å². The zero-order valence-corrected chi connectivity index (χ0v) is 14.0. The van der Waals surface area contributed by atoms with Gasteiger partial charge in [0.2, 0.25) is 0 Å². The van der Waals surface area contributed by atoms with Crippen LogP contribution in [0.2, 0.25) is 5.02 Å². The quantitative estimate of drug-likeness (QED) is 0.790. The van der Waals surface area contributed by atoms with E-state index < -0.39 is 0 Å². The van der Waals surface area contributed by atoms with Crippen LogP contribution < -0.4 is 5.32 Å². The Morgan fingerprint density at radius 3 is 2.25 bits per heavy atom. The molecule has 108 valence electrons. The number of hydrogen-bond acceptors (Lipinski definition) is 1. The smallest absolute Gasteiger partial charge is 0.0551 e. The molecule has 4 aliphatic carbocycles. The van der Waals surface area contributed by atoms with E-state index in [9.17, 15) is 0 Å².